The van der Waals surface area contributed by atoms with E-state index in [9.17, 15) is 0 Å². The third-order valence-corrected chi connectivity index (χ3v) is 2.37. The first-order chi connectivity index (χ1) is 9.41. The van der Waals surface area contributed by atoms with Crippen LogP contribution in [0.1, 0.15) is 44.9 Å². The summed E-state index contributed by atoms with van der Waals surface area (Å²) in [6.45, 7) is 0.318. The highest BCUT2D eigenvalue weighted by molar-refractivity contribution is 5.40. The Morgan fingerprint density at radius 1 is 0.789 bits per heavy atom. The molecule has 1 heteroatoms. The van der Waals surface area contributed by atoms with E-state index in [1.165, 1.54) is 25.7 Å². The summed E-state index contributed by atoms with van der Waals surface area (Å²) in [6, 6.07) is 0. The maximum atomic E-state index is 8.62. The average molecular weight is 252 g/mol. The Morgan fingerprint density at radius 2 is 1.42 bits per heavy atom. The summed E-state index contributed by atoms with van der Waals surface area (Å²) in [5.41, 5.74) is 0. The molecule has 0 aromatic heterocycles. The largest absolute Gasteiger partial charge is 0.396 e. The van der Waals surface area contributed by atoms with Gasteiger partial charge < -0.3 is 5.11 Å². The van der Waals surface area contributed by atoms with Gasteiger partial charge in [0.05, 0.1) is 0 Å². The molecule has 0 radical (unpaired) electrons. The van der Waals surface area contributed by atoms with Crippen LogP contribution in [0.4, 0.5) is 0 Å². The Labute approximate surface area is 117 Å². The van der Waals surface area contributed by atoms with Gasteiger partial charge in [-0.25, -0.2) is 0 Å². The summed E-state index contributed by atoms with van der Waals surface area (Å²) in [5, 5.41) is 8.62. The number of unbranched alkanes of at least 4 members (excludes halogenated alkanes) is 6. The van der Waals surface area contributed by atoms with E-state index in [0.717, 1.165) is 19.3 Å². The minimum Gasteiger partial charge on any atom is -0.396 e. The maximum Gasteiger partial charge on any atom is 0.0431 e. The van der Waals surface area contributed by atoms with Crippen molar-refractivity contribution in [2.75, 3.05) is 6.61 Å². The lowest BCUT2D eigenvalue weighted by Gasteiger charge is -1.98. The molecule has 0 rings (SSSR count). The van der Waals surface area contributed by atoms with Crippen molar-refractivity contribution in [1.82, 2.24) is 0 Å². The molecule has 1 N–H and O–H groups in total. The zero-order chi connectivity index (χ0) is 14.0. The molecule has 0 bridgehead atoms. The van der Waals surface area contributed by atoms with E-state index in [1.54, 1.807) is 0 Å². The van der Waals surface area contributed by atoms with E-state index in [0.29, 0.717) is 6.61 Å². The molecule has 98 valence electrons. The molecule has 0 unspecified atom stereocenters. The lowest BCUT2D eigenvalue weighted by atomic mass is 10.1. The standard InChI is InChI=1S/C18H20O/c1-2-3-4-5-6-7-8-9-10-11-12-13-14-15-16-17-18-19/h1,9-10,19H,11-18H2/b10-9-. The van der Waals surface area contributed by atoms with E-state index in [-0.39, 0.29) is 0 Å². The summed E-state index contributed by atoms with van der Waals surface area (Å²) in [6.07, 6.45) is 16.9. The third-order valence-electron chi connectivity index (χ3n) is 2.37. The van der Waals surface area contributed by atoms with Crippen LogP contribution in [-0.4, -0.2) is 11.7 Å². The minimum absolute atomic E-state index is 0.318. The van der Waals surface area contributed by atoms with Gasteiger partial charge in [-0.05, 0) is 60.9 Å². The predicted octanol–water partition coefficient (Wildman–Crippen LogP) is 2.91. The molecule has 19 heavy (non-hydrogen) atoms. The zero-order valence-electron chi connectivity index (χ0n) is 11.3. The van der Waals surface area contributed by atoms with Crippen LogP contribution in [-0.2, 0) is 0 Å². The van der Waals surface area contributed by atoms with Gasteiger partial charge in [-0.2, -0.15) is 0 Å². The second-order valence-electron chi connectivity index (χ2n) is 3.95. The van der Waals surface area contributed by atoms with Crippen LogP contribution in [0.2, 0.25) is 0 Å². The highest BCUT2D eigenvalue weighted by Crippen LogP contribution is 2.06. The number of hydrogen-bond acceptors (Lipinski definition) is 1. The van der Waals surface area contributed by atoms with E-state index < -0.39 is 0 Å². The Balaban J connectivity index is 3.46. The van der Waals surface area contributed by atoms with Gasteiger partial charge in [0.2, 0.25) is 0 Å². The number of aliphatic hydroxyl groups is 1. The molecule has 0 fully saturated rings. The summed E-state index contributed by atoms with van der Waals surface area (Å²) >= 11 is 0. The van der Waals surface area contributed by atoms with Crippen LogP contribution >= 0.6 is 0 Å². The van der Waals surface area contributed by atoms with Crippen molar-refractivity contribution in [2.24, 2.45) is 0 Å². The number of terminal acetylenes is 1. The molecule has 0 saturated carbocycles. The number of allylic oxidation sites excluding steroid dienone is 2. The minimum atomic E-state index is 0.318. The lowest BCUT2D eigenvalue weighted by Crippen LogP contribution is -1.83. The Morgan fingerprint density at radius 3 is 2.16 bits per heavy atom. The molecule has 0 aromatic rings. The molecule has 0 saturated heterocycles. The lowest BCUT2D eigenvalue weighted by molar-refractivity contribution is 0.282. The summed E-state index contributed by atoms with van der Waals surface area (Å²) < 4.78 is 0. The van der Waals surface area contributed by atoms with Crippen LogP contribution < -0.4 is 0 Å². The molecule has 0 aromatic carbocycles. The fraction of sp³-hybridized carbons (Fsp3) is 0.444. The first kappa shape index (κ1) is 16.9. The summed E-state index contributed by atoms with van der Waals surface area (Å²) in [7, 11) is 0. The van der Waals surface area contributed by atoms with Gasteiger partial charge in [0.1, 0.15) is 0 Å². The molecule has 0 aliphatic carbocycles. The van der Waals surface area contributed by atoms with Gasteiger partial charge in [-0.15, -0.1) is 6.42 Å². The van der Waals surface area contributed by atoms with Crippen molar-refractivity contribution in [3.05, 3.63) is 12.2 Å². The summed E-state index contributed by atoms with van der Waals surface area (Å²) in [4.78, 5) is 0. The van der Waals surface area contributed by atoms with Crippen molar-refractivity contribution >= 4 is 0 Å². The SMILES string of the molecule is C#CC#CC#CC#C/C=C\CCCCCCCCO. The number of aliphatic hydroxyl groups excluding tert-OH is 1. The Kier molecular flexibility index (Phi) is 14.2. The van der Waals surface area contributed by atoms with Crippen molar-refractivity contribution in [1.29, 1.82) is 0 Å². The van der Waals surface area contributed by atoms with Gasteiger partial charge in [0, 0.05) is 6.61 Å². The maximum absolute atomic E-state index is 8.62. The molecule has 0 heterocycles. The normalized spacial score (nSPS) is 8.42. The van der Waals surface area contributed by atoms with Crippen LogP contribution in [0.5, 0.6) is 0 Å². The van der Waals surface area contributed by atoms with E-state index in [1.807, 2.05) is 6.08 Å². The van der Waals surface area contributed by atoms with Crippen molar-refractivity contribution < 1.29 is 5.11 Å². The molecule has 0 amide bonds. The van der Waals surface area contributed by atoms with Gasteiger partial charge in [0.25, 0.3) is 0 Å². The number of rotatable bonds is 8. The van der Waals surface area contributed by atoms with Gasteiger partial charge >= 0.3 is 0 Å². The molecular formula is C18H20O. The predicted molar refractivity (Wildman–Crippen MR) is 80.7 cm³/mol. The Bertz CT molecular complexity index is 458. The van der Waals surface area contributed by atoms with Crippen LogP contribution in [0.3, 0.4) is 0 Å². The zero-order valence-corrected chi connectivity index (χ0v) is 11.3. The highest BCUT2D eigenvalue weighted by atomic mass is 16.2. The van der Waals surface area contributed by atoms with Crippen molar-refractivity contribution in [2.45, 2.75) is 44.9 Å². The quantitative estimate of drug-likeness (QED) is 0.520. The number of hydrogen-bond donors (Lipinski definition) is 1. The van der Waals surface area contributed by atoms with E-state index in [2.05, 4.69) is 47.5 Å². The topological polar surface area (TPSA) is 20.2 Å². The van der Waals surface area contributed by atoms with Gasteiger partial charge in [-0.1, -0.05) is 37.7 Å². The molecule has 0 spiro atoms. The van der Waals surface area contributed by atoms with Crippen LogP contribution in [0.25, 0.3) is 0 Å². The van der Waals surface area contributed by atoms with Gasteiger partial charge in [-0.3, -0.25) is 0 Å². The van der Waals surface area contributed by atoms with Crippen molar-refractivity contribution in [3.63, 3.8) is 0 Å². The molecule has 0 aliphatic heterocycles. The van der Waals surface area contributed by atoms with Gasteiger partial charge in [0.15, 0.2) is 0 Å². The first-order valence-electron chi connectivity index (χ1n) is 6.64. The fourth-order valence-electron chi connectivity index (χ4n) is 1.43. The monoisotopic (exact) mass is 252 g/mol. The average Bonchev–Trinajstić information content (AvgIpc) is 2.43. The molecular weight excluding hydrogens is 232 g/mol. The van der Waals surface area contributed by atoms with E-state index >= 15 is 0 Å². The van der Waals surface area contributed by atoms with Crippen molar-refractivity contribution in [3.8, 4) is 47.9 Å². The molecule has 0 atom stereocenters. The summed E-state index contributed by atoms with van der Waals surface area (Å²) in [5.74, 6) is 17.7. The second kappa shape index (κ2) is 15.9. The highest BCUT2D eigenvalue weighted by Gasteiger charge is 1.89. The van der Waals surface area contributed by atoms with Crippen LogP contribution in [0.15, 0.2) is 12.2 Å². The smallest absolute Gasteiger partial charge is 0.0431 e. The van der Waals surface area contributed by atoms with E-state index in [4.69, 9.17) is 11.5 Å². The second-order valence-corrected chi connectivity index (χ2v) is 3.95. The molecule has 0 aliphatic rings. The first-order valence-corrected chi connectivity index (χ1v) is 6.64. The fourth-order valence-corrected chi connectivity index (χ4v) is 1.43. The molecule has 1 nitrogen and oxygen atoms in total. The van der Waals surface area contributed by atoms with Crippen LogP contribution in [0, 0.1) is 47.9 Å². The Hall–Kier alpha value is -2.06. The third kappa shape index (κ3) is 15.9.